The summed E-state index contributed by atoms with van der Waals surface area (Å²) in [5.41, 5.74) is 2.56. The van der Waals surface area contributed by atoms with Crippen LogP contribution in [-0.2, 0) is 15.6 Å². The number of benzene rings is 3. The van der Waals surface area contributed by atoms with Gasteiger partial charge in [0.15, 0.2) is 0 Å². The fourth-order valence-corrected chi connectivity index (χ4v) is 4.63. The molecule has 0 spiro atoms. The number of nitrogens with zero attached hydrogens (tertiary/aromatic N) is 2. The second kappa shape index (κ2) is 7.58. The molecule has 27 heavy (non-hydrogen) atoms. The summed E-state index contributed by atoms with van der Waals surface area (Å²) in [6.07, 6.45) is 0.887. The Labute approximate surface area is 168 Å². The molecule has 0 fully saturated rings. The molecule has 3 aromatic carbocycles. The molecule has 6 heteroatoms. The van der Waals surface area contributed by atoms with Crippen LogP contribution in [0.4, 0.5) is 5.69 Å². The summed E-state index contributed by atoms with van der Waals surface area (Å²) in [5, 5.41) is 6.21. The average molecular weight is 439 g/mol. The molecule has 134 valence electrons. The van der Waals surface area contributed by atoms with E-state index in [-0.39, 0.29) is 0 Å². The highest BCUT2D eigenvalue weighted by Crippen LogP contribution is 2.34. The number of anilines is 1. The van der Waals surface area contributed by atoms with Crippen LogP contribution in [-0.4, -0.2) is 15.1 Å². The lowest BCUT2D eigenvalue weighted by molar-refractivity contribution is -0.109. The highest BCUT2D eigenvalue weighted by Gasteiger charge is 2.28. The molecule has 0 radical (unpaired) electrons. The van der Waals surface area contributed by atoms with E-state index in [1.807, 2.05) is 78.9 Å². The quantitative estimate of drug-likeness (QED) is 0.556. The number of carbonyl (C=O) groups excluding carboxylic acids is 1. The van der Waals surface area contributed by atoms with Gasteiger partial charge in [0.25, 0.3) is 0 Å². The van der Waals surface area contributed by atoms with Crippen LogP contribution in [0.2, 0.25) is 0 Å². The van der Waals surface area contributed by atoms with Crippen molar-refractivity contribution < 1.29 is 9.00 Å². The molecule has 2 unspecified atom stereocenters. The highest BCUT2D eigenvalue weighted by atomic mass is 79.9. The molecule has 1 aliphatic heterocycles. The van der Waals surface area contributed by atoms with E-state index in [2.05, 4.69) is 21.0 Å². The van der Waals surface area contributed by atoms with E-state index in [4.69, 9.17) is 0 Å². The maximum Gasteiger partial charge on any atom is 0.149 e. The third-order valence-electron chi connectivity index (χ3n) is 4.36. The van der Waals surface area contributed by atoms with E-state index in [9.17, 15) is 9.00 Å². The lowest BCUT2D eigenvalue weighted by Gasteiger charge is -2.31. The molecule has 4 rings (SSSR count). The number of hydrazone groups is 1. The van der Waals surface area contributed by atoms with E-state index < -0.39 is 16.8 Å². The van der Waals surface area contributed by atoms with Gasteiger partial charge in [-0.15, -0.1) is 0 Å². The van der Waals surface area contributed by atoms with Crippen LogP contribution >= 0.6 is 15.9 Å². The number of aldehydes is 1. The maximum absolute atomic E-state index is 12.7. The summed E-state index contributed by atoms with van der Waals surface area (Å²) >= 11 is 3.49. The molecule has 0 saturated carbocycles. The van der Waals surface area contributed by atoms with Crippen LogP contribution in [0.1, 0.15) is 17.2 Å². The van der Waals surface area contributed by atoms with Gasteiger partial charge in [0.2, 0.25) is 0 Å². The Balaban J connectivity index is 1.67. The molecular formula is C21H15BrN2O2S. The van der Waals surface area contributed by atoms with Gasteiger partial charge >= 0.3 is 0 Å². The van der Waals surface area contributed by atoms with Crippen molar-refractivity contribution >= 4 is 43.3 Å². The number of hydrogen-bond donors (Lipinski definition) is 0. The standard InChI is InChI=1S/C21H15BrN2O2S/c22-21-19-9-5-4-8-18(19)20(14-25)24(23-21)15-10-12-17(13-11-15)27(26)16-6-2-1-3-7-16/h1-14,20H. The third-order valence-corrected chi connectivity index (χ3v) is 6.35. The monoisotopic (exact) mass is 438 g/mol. The van der Waals surface area contributed by atoms with Crippen molar-refractivity contribution in [1.29, 1.82) is 0 Å². The van der Waals surface area contributed by atoms with Crippen LogP contribution < -0.4 is 5.01 Å². The summed E-state index contributed by atoms with van der Waals surface area (Å²) in [6, 6.07) is 23.8. The first-order chi connectivity index (χ1) is 13.2. The summed E-state index contributed by atoms with van der Waals surface area (Å²) in [4.78, 5) is 13.3. The first-order valence-electron chi connectivity index (χ1n) is 8.34. The molecule has 0 aliphatic carbocycles. The van der Waals surface area contributed by atoms with Gasteiger partial charge < -0.3 is 4.79 Å². The molecule has 3 aromatic rings. The first-order valence-corrected chi connectivity index (χ1v) is 10.3. The molecule has 0 amide bonds. The number of halogens is 1. The van der Waals surface area contributed by atoms with E-state index in [0.29, 0.717) is 9.52 Å². The summed E-state index contributed by atoms with van der Waals surface area (Å²) in [5.74, 6) is 0. The molecule has 2 atom stereocenters. The van der Waals surface area contributed by atoms with Gasteiger partial charge in [0.05, 0.1) is 16.5 Å². The van der Waals surface area contributed by atoms with Crippen LogP contribution in [0.3, 0.4) is 0 Å². The zero-order valence-corrected chi connectivity index (χ0v) is 16.6. The smallest absolute Gasteiger partial charge is 0.149 e. The van der Waals surface area contributed by atoms with E-state index >= 15 is 0 Å². The zero-order chi connectivity index (χ0) is 18.8. The van der Waals surface area contributed by atoms with Crippen LogP contribution in [0.25, 0.3) is 0 Å². The summed E-state index contributed by atoms with van der Waals surface area (Å²) in [6.45, 7) is 0. The van der Waals surface area contributed by atoms with Gasteiger partial charge in [-0.25, -0.2) is 9.22 Å². The number of fused-ring (bicyclic) bond motifs is 1. The third kappa shape index (κ3) is 3.38. The minimum absolute atomic E-state index is 0.507. The Bertz CT molecular complexity index is 1040. The number of rotatable bonds is 4. The minimum Gasteiger partial charge on any atom is -0.301 e. The SMILES string of the molecule is O=CC1c2ccccc2C(Br)=NN1c1ccc(S(=O)c2ccccc2)cc1. The second-order valence-electron chi connectivity index (χ2n) is 5.98. The fraction of sp³-hybridized carbons (Fsp3) is 0.0476. The number of carbonyl (C=O) groups is 1. The maximum atomic E-state index is 12.7. The van der Waals surface area contributed by atoms with Crippen LogP contribution in [0.15, 0.2) is 93.8 Å². The summed E-state index contributed by atoms with van der Waals surface area (Å²) < 4.78 is 13.4. The van der Waals surface area contributed by atoms with E-state index in [0.717, 1.165) is 28.0 Å². The average Bonchev–Trinajstić information content (AvgIpc) is 2.74. The Morgan fingerprint density at radius 1 is 0.889 bits per heavy atom. The Hall–Kier alpha value is -2.57. The fourth-order valence-electron chi connectivity index (χ4n) is 3.04. The lowest BCUT2D eigenvalue weighted by atomic mass is 9.99. The van der Waals surface area contributed by atoms with Gasteiger partial charge in [-0.2, -0.15) is 5.10 Å². The van der Waals surface area contributed by atoms with Crippen LogP contribution in [0.5, 0.6) is 0 Å². The topological polar surface area (TPSA) is 49.7 Å². The van der Waals surface area contributed by atoms with Crippen molar-refractivity contribution in [2.45, 2.75) is 15.8 Å². The van der Waals surface area contributed by atoms with Crippen LogP contribution in [0, 0.1) is 0 Å². The normalized spacial score (nSPS) is 17.0. The van der Waals surface area contributed by atoms with Gasteiger partial charge in [-0.3, -0.25) is 0 Å². The first kappa shape index (κ1) is 17.8. The molecule has 0 aromatic heterocycles. The summed E-state index contributed by atoms with van der Waals surface area (Å²) in [7, 11) is -1.25. The minimum atomic E-state index is -1.25. The van der Waals surface area contributed by atoms with Crippen molar-refractivity contribution in [1.82, 2.24) is 0 Å². The predicted molar refractivity (Wildman–Crippen MR) is 111 cm³/mol. The predicted octanol–water partition coefficient (Wildman–Crippen LogP) is 4.67. The van der Waals surface area contributed by atoms with Crippen molar-refractivity contribution in [2.75, 3.05) is 5.01 Å². The van der Waals surface area contributed by atoms with Crippen molar-refractivity contribution in [3.8, 4) is 0 Å². The molecule has 0 bridgehead atoms. The molecule has 1 heterocycles. The Morgan fingerprint density at radius 2 is 1.52 bits per heavy atom. The molecule has 0 saturated heterocycles. The van der Waals surface area contributed by atoms with Gasteiger partial charge in [0.1, 0.15) is 16.9 Å². The Morgan fingerprint density at radius 3 is 2.22 bits per heavy atom. The van der Waals surface area contributed by atoms with E-state index in [1.165, 1.54) is 0 Å². The highest BCUT2D eigenvalue weighted by molar-refractivity contribution is 9.18. The second-order valence-corrected chi connectivity index (χ2v) is 8.21. The van der Waals surface area contributed by atoms with Gasteiger partial charge in [-0.1, -0.05) is 42.5 Å². The van der Waals surface area contributed by atoms with Gasteiger partial charge in [0, 0.05) is 15.4 Å². The van der Waals surface area contributed by atoms with Crippen molar-refractivity contribution in [2.24, 2.45) is 5.10 Å². The largest absolute Gasteiger partial charge is 0.301 e. The molecular weight excluding hydrogens is 424 g/mol. The zero-order valence-electron chi connectivity index (χ0n) is 14.2. The van der Waals surface area contributed by atoms with Gasteiger partial charge in [-0.05, 0) is 57.9 Å². The lowest BCUT2D eigenvalue weighted by Crippen LogP contribution is -2.30. The molecule has 4 nitrogen and oxygen atoms in total. The van der Waals surface area contributed by atoms with Crippen molar-refractivity contribution in [3.05, 3.63) is 90.0 Å². The van der Waals surface area contributed by atoms with Crippen molar-refractivity contribution in [3.63, 3.8) is 0 Å². The molecule has 1 aliphatic rings. The number of hydrogen-bond acceptors (Lipinski definition) is 4. The van der Waals surface area contributed by atoms with E-state index in [1.54, 1.807) is 5.01 Å². The Kier molecular flexibility index (Phi) is 5.01. The molecule has 0 N–H and O–H groups in total.